The van der Waals surface area contributed by atoms with Crippen LogP contribution in [0.5, 0.6) is 0 Å². The number of pyridine rings is 1. The van der Waals surface area contributed by atoms with Gasteiger partial charge in [0.1, 0.15) is 0 Å². The monoisotopic (exact) mass is 250 g/mol. The van der Waals surface area contributed by atoms with Crippen LogP contribution in [0.2, 0.25) is 0 Å². The largest absolute Gasteiger partial charge is 0.360 e. The van der Waals surface area contributed by atoms with E-state index in [-0.39, 0.29) is 0 Å². The van der Waals surface area contributed by atoms with Crippen molar-refractivity contribution in [2.24, 2.45) is 0 Å². The third-order valence-corrected chi connectivity index (χ3v) is 3.21. The van der Waals surface area contributed by atoms with Gasteiger partial charge in [-0.05, 0) is 57.3 Å². The van der Waals surface area contributed by atoms with Crippen molar-refractivity contribution in [3.8, 4) is 0 Å². The highest BCUT2D eigenvalue weighted by atomic mass is 32.1. The van der Waals surface area contributed by atoms with E-state index in [4.69, 9.17) is 12.2 Å². The van der Waals surface area contributed by atoms with Crippen LogP contribution in [0.1, 0.15) is 12.8 Å². The minimum Gasteiger partial charge on any atom is -0.360 e. The Bertz CT molecular complexity index is 360. The van der Waals surface area contributed by atoms with Crippen molar-refractivity contribution in [2.45, 2.75) is 18.9 Å². The van der Waals surface area contributed by atoms with Crippen LogP contribution in [0, 0.1) is 0 Å². The number of likely N-dealkylation sites (tertiary alicyclic amines) is 1. The molecule has 92 valence electrons. The number of rotatable bonds is 2. The van der Waals surface area contributed by atoms with Gasteiger partial charge in [-0.25, -0.2) is 0 Å². The Hall–Kier alpha value is -1.20. The number of hydrogen-bond acceptors (Lipinski definition) is 3. The number of nitrogens with one attached hydrogen (secondary N) is 2. The molecule has 2 N–H and O–H groups in total. The van der Waals surface area contributed by atoms with Gasteiger partial charge < -0.3 is 15.5 Å². The van der Waals surface area contributed by atoms with Crippen LogP contribution < -0.4 is 10.6 Å². The van der Waals surface area contributed by atoms with Gasteiger partial charge in [-0.1, -0.05) is 0 Å². The summed E-state index contributed by atoms with van der Waals surface area (Å²) in [5.41, 5.74) is 0.977. The summed E-state index contributed by atoms with van der Waals surface area (Å²) in [6.45, 7) is 2.27. The lowest BCUT2D eigenvalue weighted by Gasteiger charge is -2.30. The first-order valence-electron chi connectivity index (χ1n) is 5.90. The van der Waals surface area contributed by atoms with Gasteiger partial charge in [0, 0.05) is 24.1 Å². The summed E-state index contributed by atoms with van der Waals surface area (Å²) in [7, 11) is 2.16. The zero-order valence-electron chi connectivity index (χ0n) is 10.0. The molecule has 0 spiro atoms. The molecule has 2 rings (SSSR count). The van der Waals surface area contributed by atoms with Gasteiger partial charge in [0.05, 0.1) is 0 Å². The molecular formula is C12H18N4S. The van der Waals surface area contributed by atoms with Crippen molar-refractivity contribution in [3.63, 3.8) is 0 Å². The highest BCUT2D eigenvalue weighted by Gasteiger charge is 2.16. The summed E-state index contributed by atoms with van der Waals surface area (Å²) < 4.78 is 0. The number of aromatic nitrogens is 1. The van der Waals surface area contributed by atoms with E-state index >= 15 is 0 Å². The minimum atomic E-state index is 0.494. The molecule has 0 unspecified atom stereocenters. The molecule has 1 aromatic rings. The molecule has 0 radical (unpaired) electrons. The van der Waals surface area contributed by atoms with E-state index in [0.29, 0.717) is 11.2 Å². The number of anilines is 1. The average molecular weight is 250 g/mol. The van der Waals surface area contributed by atoms with Crippen molar-refractivity contribution < 1.29 is 0 Å². The molecule has 0 saturated carbocycles. The third-order valence-electron chi connectivity index (χ3n) is 2.99. The molecular weight excluding hydrogens is 232 g/mol. The predicted octanol–water partition coefficient (Wildman–Crippen LogP) is 1.46. The topological polar surface area (TPSA) is 40.2 Å². The second kappa shape index (κ2) is 5.93. The van der Waals surface area contributed by atoms with Gasteiger partial charge in [0.25, 0.3) is 0 Å². The lowest BCUT2D eigenvalue weighted by molar-refractivity contribution is 0.247. The van der Waals surface area contributed by atoms with Crippen LogP contribution in [0.3, 0.4) is 0 Å². The summed E-state index contributed by atoms with van der Waals surface area (Å²) >= 11 is 5.29. The lowest BCUT2D eigenvalue weighted by atomic mass is 10.1. The van der Waals surface area contributed by atoms with Crippen LogP contribution in [0.25, 0.3) is 0 Å². The molecule has 0 aromatic carbocycles. The molecule has 1 aliphatic rings. The smallest absolute Gasteiger partial charge is 0.170 e. The van der Waals surface area contributed by atoms with Crippen LogP contribution in [0.4, 0.5) is 5.69 Å². The molecule has 0 aliphatic carbocycles. The maximum absolute atomic E-state index is 5.29. The van der Waals surface area contributed by atoms with E-state index in [0.717, 1.165) is 31.6 Å². The summed E-state index contributed by atoms with van der Waals surface area (Å²) in [5, 5.41) is 7.23. The van der Waals surface area contributed by atoms with Crippen molar-refractivity contribution in [2.75, 3.05) is 25.5 Å². The Kier molecular flexibility index (Phi) is 4.28. The molecule has 1 aromatic heterocycles. The van der Waals surface area contributed by atoms with Crippen LogP contribution in [-0.4, -0.2) is 41.2 Å². The lowest BCUT2D eigenvalue weighted by Crippen LogP contribution is -2.44. The van der Waals surface area contributed by atoms with Gasteiger partial charge in [-0.2, -0.15) is 0 Å². The molecule has 0 bridgehead atoms. The van der Waals surface area contributed by atoms with E-state index in [1.165, 1.54) is 0 Å². The van der Waals surface area contributed by atoms with Crippen molar-refractivity contribution in [1.29, 1.82) is 0 Å². The van der Waals surface area contributed by atoms with Crippen LogP contribution in [-0.2, 0) is 0 Å². The van der Waals surface area contributed by atoms with E-state index in [1.807, 2.05) is 12.1 Å². The number of hydrogen-bond donors (Lipinski definition) is 2. The minimum absolute atomic E-state index is 0.494. The summed E-state index contributed by atoms with van der Waals surface area (Å²) in [5.74, 6) is 0. The summed E-state index contributed by atoms with van der Waals surface area (Å²) in [4.78, 5) is 6.31. The Labute approximate surface area is 107 Å². The van der Waals surface area contributed by atoms with Gasteiger partial charge in [0.15, 0.2) is 5.11 Å². The van der Waals surface area contributed by atoms with Crippen molar-refractivity contribution in [3.05, 3.63) is 24.5 Å². The van der Waals surface area contributed by atoms with Gasteiger partial charge in [-0.15, -0.1) is 0 Å². The van der Waals surface area contributed by atoms with Crippen LogP contribution >= 0.6 is 12.2 Å². The fourth-order valence-corrected chi connectivity index (χ4v) is 2.23. The van der Waals surface area contributed by atoms with E-state index in [9.17, 15) is 0 Å². The number of piperidine rings is 1. The Morgan fingerprint density at radius 1 is 1.35 bits per heavy atom. The fraction of sp³-hybridized carbons (Fsp3) is 0.500. The second-order valence-electron chi connectivity index (χ2n) is 4.41. The maximum atomic E-state index is 5.29. The SMILES string of the molecule is CN1CCC(NC(=S)Nc2ccncc2)CC1. The first-order chi connectivity index (χ1) is 8.24. The maximum Gasteiger partial charge on any atom is 0.170 e. The molecule has 0 atom stereocenters. The molecule has 1 aliphatic heterocycles. The van der Waals surface area contributed by atoms with Crippen molar-refractivity contribution in [1.82, 2.24) is 15.2 Å². The zero-order valence-corrected chi connectivity index (χ0v) is 10.8. The second-order valence-corrected chi connectivity index (χ2v) is 4.82. The fourth-order valence-electron chi connectivity index (χ4n) is 1.94. The first kappa shape index (κ1) is 12.3. The number of thiocarbonyl (C=S) groups is 1. The molecule has 1 fully saturated rings. The Morgan fingerprint density at radius 3 is 2.65 bits per heavy atom. The van der Waals surface area contributed by atoms with E-state index in [2.05, 4.69) is 27.6 Å². The molecule has 17 heavy (non-hydrogen) atoms. The molecule has 2 heterocycles. The van der Waals surface area contributed by atoms with Gasteiger partial charge >= 0.3 is 0 Å². The van der Waals surface area contributed by atoms with E-state index in [1.54, 1.807) is 12.4 Å². The zero-order chi connectivity index (χ0) is 12.1. The Morgan fingerprint density at radius 2 is 2.00 bits per heavy atom. The molecule has 4 nitrogen and oxygen atoms in total. The van der Waals surface area contributed by atoms with Crippen LogP contribution in [0.15, 0.2) is 24.5 Å². The summed E-state index contributed by atoms with van der Waals surface area (Å²) in [6, 6.07) is 4.30. The average Bonchev–Trinajstić information content (AvgIpc) is 2.33. The number of nitrogens with zero attached hydrogens (tertiary/aromatic N) is 2. The molecule has 5 heteroatoms. The molecule has 1 saturated heterocycles. The summed E-state index contributed by atoms with van der Waals surface area (Å²) in [6.07, 6.45) is 5.80. The predicted molar refractivity (Wildman–Crippen MR) is 74.1 cm³/mol. The standard InChI is InChI=1S/C12H18N4S/c1-16-8-4-11(5-9-16)15-12(17)14-10-2-6-13-7-3-10/h2-3,6-7,11H,4-5,8-9H2,1H3,(H2,13,14,15,17). The Balaban J connectivity index is 1.78. The highest BCUT2D eigenvalue weighted by Crippen LogP contribution is 2.09. The third kappa shape index (κ3) is 3.94. The quantitative estimate of drug-likeness (QED) is 0.778. The van der Waals surface area contributed by atoms with Gasteiger partial charge in [0.2, 0.25) is 0 Å². The highest BCUT2D eigenvalue weighted by molar-refractivity contribution is 7.80. The normalized spacial score (nSPS) is 17.7. The van der Waals surface area contributed by atoms with Crippen molar-refractivity contribution >= 4 is 23.0 Å². The van der Waals surface area contributed by atoms with Gasteiger partial charge in [-0.3, -0.25) is 4.98 Å². The molecule has 0 amide bonds. The van der Waals surface area contributed by atoms with E-state index < -0.39 is 0 Å². The first-order valence-corrected chi connectivity index (χ1v) is 6.31.